The third kappa shape index (κ3) is 2.30. The Bertz CT molecular complexity index is 304. The topological polar surface area (TPSA) is 21.7 Å². The predicted molar refractivity (Wildman–Crippen MR) is 60.0 cm³/mol. The van der Waals surface area contributed by atoms with Gasteiger partial charge < -0.3 is 14.4 Å². The summed E-state index contributed by atoms with van der Waals surface area (Å²) >= 11 is 0. The molecule has 3 heteroatoms. The van der Waals surface area contributed by atoms with E-state index in [1.54, 1.807) is 0 Å². The van der Waals surface area contributed by atoms with Crippen LogP contribution < -0.4 is 4.90 Å². The van der Waals surface area contributed by atoms with Gasteiger partial charge in [-0.05, 0) is 19.1 Å². The molecule has 1 heterocycles. The van der Waals surface area contributed by atoms with E-state index in [0.29, 0.717) is 13.2 Å². The van der Waals surface area contributed by atoms with E-state index in [2.05, 4.69) is 43.1 Å². The van der Waals surface area contributed by atoms with Gasteiger partial charge in [0.2, 0.25) is 0 Å². The molecule has 0 saturated carbocycles. The van der Waals surface area contributed by atoms with Crippen molar-refractivity contribution in [1.82, 2.24) is 0 Å². The Morgan fingerprint density at radius 3 is 2.33 bits per heavy atom. The quantitative estimate of drug-likeness (QED) is 0.758. The molecule has 0 radical (unpaired) electrons. The van der Waals surface area contributed by atoms with E-state index in [4.69, 9.17) is 9.47 Å². The van der Waals surface area contributed by atoms with Crippen LogP contribution in [0.2, 0.25) is 0 Å². The van der Waals surface area contributed by atoms with Gasteiger partial charge in [-0.25, -0.2) is 0 Å². The molecule has 0 bridgehead atoms. The summed E-state index contributed by atoms with van der Waals surface area (Å²) in [5.74, 6) is 0. The van der Waals surface area contributed by atoms with Crippen molar-refractivity contribution in [3.8, 4) is 0 Å². The number of hydrogen-bond donors (Lipinski definition) is 0. The lowest BCUT2D eigenvalue weighted by Gasteiger charge is -2.17. The highest BCUT2D eigenvalue weighted by Gasteiger charge is 2.17. The highest BCUT2D eigenvalue weighted by molar-refractivity contribution is 5.46. The molecule has 0 amide bonds. The van der Waals surface area contributed by atoms with E-state index in [0.717, 1.165) is 12.1 Å². The smallest absolute Gasteiger partial charge is 0.184 e. The summed E-state index contributed by atoms with van der Waals surface area (Å²) in [4.78, 5) is 2.19. The van der Waals surface area contributed by atoms with Gasteiger partial charge in [-0.1, -0.05) is 12.1 Å². The first-order chi connectivity index (χ1) is 7.31. The van der Waals surface area contributed by atoms with Crippen molar-refractivity contribution in [2.75, 3.05) is 31.7 Å². The average Bonchev–Trinajstić information content (AvgIpc) is 2.82. The van der Waals surface area contributed by atoms with Gasteiger partial charge in [-0.2, -0.15) is 0 Å². The first-order valence-electron chi connectivity index (χ1n) is 5.35. The summed E-state index contributed by atoms with van der Waals surface area (Å²) in [5, 5.41) is 0. The Balaban J connectivity index is 2.09. The van der Waals surface area contributed by atoms with Crippen LogP contribution in [0, 0.1) is 0 Å². The molecule has 1 aliphatic heterocycles. The summed E-state index contributed by atoms with van der Waals surface area (Å²) < 4.78 is 10.9. The van der Waals surface area contributed by atoms with E-state index in [1.807, 2.05) is 0 Å². The monoisotopic (exact) mass is 207 g/mol. The second kappa shape index (κ2) is 4.64. The fourth-order valence-electron chi connectivity index (χ4n) is 1.62. The third-order valence-corrected chi connectivity index (χ3v) is 2.70. The van der Waals surface area contributed by atoms with Gasteiger partial charge in [0.15, 0.2) is 6.29 Å². The Hall–Kier alpha value is -1.06. The fraction of sp³-hybridized carbons (Fsp3) is 0.500. The highest BCUT2D eigenvalue weighted by Crippen LogP contribution is 2.24. The summed E-state index contributed by atoms with van der Waals surface area (Å²) in [6.07, 6.45) is -0.161. The molecule has 0 spiro atoms. The van der Waals surface area contributed by atoms with Crippen LogP contribution in [-0.2, 0) is 9.47 Å². The standard InChI is InChI=1S/C12H17NO2/c1-3-13(2)11-6-4-10(5-7-11)12-14-8-9-15-12/h4-7,12H,3,8-9H2,1-2H3. The van der Waals surface area contributed by atoms with Crippen molar-refractivity contribution in [3.05, 3.63) is 29.8 Å². The maximum absolute atomic E-state index is 5.43. The Morgan fingerprint density at radius 1 is 1.20 bits per heavy atom. The van der Waals surface area contributed by atoms with Crippen molar-refractivity contribution in [3.63, 3.8) is 0 Å². The van der Waals surface area contributed by atoms with E-state index < -0.39 is 0 Å². The number of anilines is 1. The predicted octanol–water partition coefficient (Wildman–Crippen LogP) is 2.19. The molecule has 3 nitrogen and oxygen atoms in total. The van der Waals surface area contributed by atoms with Crippen LogP contribution in [0.25, 0.3) is 0 Å². The normalized spacial score (nSPS) is 16.9. The van der Waals surface area contributed by atoms with E-state index in [9.17, 15) is 0 Å². The molecule has 0 atom stereocenters. The molecule has 2 rings (SSSR count). The van der Waals surface area contributed by atoms with Gasteiger partial charge in [-0.15, -0.1) is 0 Å². The molecule has 15 heavy (non-hydrogen) atoms. The maximum atomic E-state index is 5.43. The zero-order chi connectivity index (χ0) is 10.7. The minimum absolute atomic E-state index is 0.161. The van der Waals surface area contributed by atoms with Crippen molar-refractivity contribution in [2.45, 2.75) is 13.2 Å². The van der Waals surface area contributed by atoms with Crippen LogP contribution in [0.15, 0.2) is 24.3 Å². The molecule has 1 aromatic carbocycles. The summed E-state index contributed by atoms with van der Waals surface area (Å²) in [7, 11) is 2.08. The van der Waals surface area contributed by atoms with Crippen molar-refractivity contribution < 1.29 is 9.47 Å². The molecule has 82 valence electrons. The SMILES string of the molecule is CCN(C)c1ccc(C2OCCO2)cc1. The first-order valence-corrected chi connectivity index (χ1v) is 5.35. The van der Waals surface area contributed by atoms with Gasteiger partial charge in [0.05, 0.1) is 13.2 Å². The van der Waals surface area contributed by atoms with Crippen LogP contribution >= 0.6 is 0 Å². The van der Waals surface area contributed by atoms with Crippen LogP contribution in [0.5, 0.6) is 0 Å². The lowest BCUT2D eigenvalue weighted by Crippen LogP contribution is -2.15. The van der Waals surface area contributed by atoms with Crippen LogP contribution in [0.1, 0.15) is 18.8 Å². The van der Waals surface area contributed by atoms with Crippen molar-refractivity contribution in [1.29, 1.82) is 0 Å². The molecule has 0 N–H and O–H groups in total. The molecule has 1 saturated heterocycles. The molecule has 1 aromatic rings. The van der Waals surface area contributed by atoms with Crippen LogP contribution in [0.3, 0.4) is 0 Å². The van der Waals surface area contributed by atoms with Gasteiger partial charge in [0, 0.05) is 24.8 Å². The Labute approximate surface area is 90.6 Å². The second-order valence-corrected chi connectivity index (χ2v) is 3.68. The fourth-order valence-corrected chi connectivity index (χ4v) is 1.62. The van der Waals surface area contributed by atoms with Gasteiger partial charge in [0.25, 0.3) is 0 Å². The molecule has 0 aliphatic carbocycles. The minimum atomic E-state index is -0.161. The molecule has 1 fully saturated rings. The van der Waals surface area contributed by atoms with E-state index >= 15 is 0 Å². The number of nitrogens with zero attached hydrogens (tertiary/aromatic N) is 1. The average molecular weight is 207 g/mol. The van der Waals surface area contributed by atoms with Crippen molar-refractivity contribution >= 4 is 5.69 Å². The number of rotatable bonds is 3. The Kier molecular flexibility index (Phi) is 3.23. The lowest BCUT2D eigenvalue weighted by atomic mass is 10.2. The molecule has 1 aliphatic rings. The van der Waals surface area contributed by atoms with Crippen LogP contribution in [0.4, 0.5) is 5.69 Å². The Morgan fingerprint density at radius 2 is 1.80 bits per heavy atom. The summed E-state index contributed by atoms with van der Waals surface area (Å²) in [6, 6.07) is 8.34. The molecule has 0 unspecified atom stereocenters. The number of ether oxygens (including phenoxy) is 2. The van der Waals surface area contributed by atoms with Gasteiger partial charge in [-0.3, -0.25) is 0 Å². The van der Waals surface area contributed by atoms with Gasteiger partial charge in [0.1, 0.15) is 0 Å². The van der Waals surface area contributed by atoms with E-state index in [-0.39, 0.29) is 6.29 Å². The van der Waals surface area contributed by atoms with Gasteiger partial charge >= 0.3 is 0 Å². The number of hydrogen-bond acceptors (Lipinski definition) is 3. The van der Waals surface area contributed by atoms with Crippen molar-refractivity contribution in [2.24, 2.45) is 0 Å². The third-order valence-electron chi connectivity index (χ3n) is 2.70. The maximum Gasteiger partial charge on any atom is 0.184 e. The van der Waals surface area contributed by atoms with Crippen LogP contribution in [-0.4, -0.2) is 26.8 Å². The molecular formula is C12H17NO2. The lowest BCUT2D eigenvalue weighted by molar-refractivity contribution is -0.0441. The first kappa shape index (κ1) is 10.5. The van der Waals surface area contributed by atoms with E-state index in [1.165, 1.54) is 5.69 Å². The minimum Gasteiger partial charge on any atom is -0.375 e. The second-order valence-electron chi connectivity index (χ2n) is 3.68. The molecule has 0 aromatic heterocycles. The zero-order valence-corrected chi connectivity index (χ0v) is 9.27. The summed E-state index contributed by atoms with van der Waals surface area (Å²) in [6.45, 7) is 4.54. The largest absolute Gasteiger partial charge is 0.375 e. The zero-order valence-electron chi connectivity index (χ0n) is 9.27. The highest BCUT2D eigenvalue weighted by atomic mass is 16.7. The number of benzene rings is 1. The molecular weight excluding hydrogens is 190 g/mol. The summed E-state index contributed by atoms with van der Waals surface area (Å²) in [5.41, 5.74) is 2.32.